The molecule has 0 amide bonds. The predicted molar refractivity (Wildman–Crippen MR) is 82.5 cm³/mol. The fourth-order valence-electron chi connectivity index (χ4n) is 2.26. The van der Waals surface area contributed by atoms with E-state index in [1.165, 1.54) is 0 Å². The maximum atomic E-state index is 12.5. The number of benzene rings is 2. The van der Waals surface area contributed by atoms with Gasteiger partial charge in [0.1, 0.15) is 0 Å². The minimum absolute atomic E-state index is 0.106. The highest BCUT2D eigenvalue weighted by atomic mass is 16.1. The maximum Gasteiger partial charge on any atom is 0.267 e. The Balaban J connectivity index is 1.80. The van der Waals surface area contributed by atoms with E-state index in [9.17, 15) is 4.79 Å². The van der Waals surface area contributed by atoms with Crippen LogP contribution in [0.5, 0.6) is 0 Å². The Morgan fingerprint density at radius 2 is 1.14 bits per heavy atom. The smallest absolute Gasteiger partial charge is 0.267 e. The molecule has 0 aliphatic carbocycles. The Hall–Kier alpha value is -3.21. The van der Waals surface area contributed by atoms with Crippen molar-refractivity contribution >= 4 is 27.6 Å². The summed E-state index contributed by atoms with van der Waals surface area (Å²) in [6, 6.07) is 15.0. The minimum atomic E-state index is -0.378. The molecule has 0 fully saturated rings. The molecule has 4 rings (SSSR count). The van der Waals surface area contributed by atoms with Crippen molar-refractivity contribution in [1.29, 1.82) is 0 Å². The van der Waals surface area contributed by atoms with Gasteiger partial charge in [-0.25, -0.2) is 19.9 Å². The molecule has 22 heavy (non-hydrogen) atoms. The SMILES string of the molecule is O=C(c1ncc2ccccc2n1)c1ncc2ccccc2n1. The summed E-state index contributed by atoms with van der Waals surface area (Å²) >= 11 is 0. The highest BCUT2D eigenvalue weighted by molar-refractivity contribution is 6.05. The fourth-order valence-corrected chi connectivity index (χ4v) is 2.26. The van der Waals surface area contributed by atoms with E-state index in [-0.39, 0.29) is 17.4 Å². The predicted octanol–water partition coefficient (Wildman–Crippen LogP) is 2.80. The molecule has 0 N–H and O–H groups in total. The number of para-hydroxylation sites is 2. The number of hydrogen-bond donors (Lipinski definition) is 0. The van der Waals surface area contributed by atoms with Crippen LogP contribution in [0.1, 0.15) is 16.4 Å². The van der Waals surface area contributed by atoms with E-state index in [0.717, 1.165) is 21.8 Å². The Morgan fingerprint density at radius 3 is 1.64 bits per heavy atom. The number of aromatic nitrogens is 4. The van der Waals surface area contributed by atoms with Gasteiger partial charge in [-0.3, -0.25) is 4.79 Å². The summed E-state index contributed by atoms with van der Waals surface area (Å²) in [5.41, 5.74) is 1.45. The summed E-state index contributed by atoms with van der Waals surface area (Å²) in [5, 5.41) is 1.77. The standard InChI is InChI=1S/C17H10N4O/c22-15(16-18-9-11-5-1-3-7-13(11)20-16)17-19-10-12-6-2-4-8-14(12)21-17/h1-10H. The van der Waals surface area contributed by atoms with Crippen molar-refractivity contribution < 1.29 is 4.79 Å². The maximum absolute atomic E-state index is 12.5. The van der Waals surface area contributed by atoms with Gasteiger partial charge in [-0.05, 0) is 12.1 Å². The van der Waals surface area contributed by atoms with Crippen LogP contribution in [0.3, 0.4) is 0 Å². The molecular weight excluding hydrogens is 276 g/mol. The molecule has 5 heteroatoms. The molecule has 2 aromatic heterocycles. The van der Waals surface area contributed by atoms with Crippen LogP contribution < -0.4 is 0 Å². The van der Waals surface area contributed by atoms with Crippen LogP contribution in [0.4, 0.5) is 0 Å². The zero-order valence-corrected chi connectivity index (χ0v) is 11.5. The minimum Gasteiger partial charge on any atom is -0.281 e. The summed E-state index contributed by atoms with van der Waals surface area (Å²) in [6.07, 6.45) is 3.27. The van der Waals surface area contributed by atoms with E-state index in [0.29, 0.717) is 0 Å². The molecule has 0 aliphatic rings. The number of rotatable bonds is 2. The van der Waals surface area contributed by atoms with Crippen LogP contribution in [-0.4, -0.2) is 25.7 Å². The number of nitrogens with zero attached hydrogens (tertiary/aromatic N) is 4. The summed E-state index contributed by atoms with van der Waals surface area (Å²) in [4.78, 5) is 29.3. The van der Waals surface area contributed by atoms with Crippen LogP contribution in [0.25, 0.3) is 21.8 Å². The first-order valence-electron chi connectivity index (χ1n) is 6.79. The van der Waals surface area contributed by atoms with Gasteiger partial charge in [-0.15, -0.1) is 0 Å². The van der Waals surface area contributed by atoms with E-state index in [4.69, 9.17) is 0 Å². The lowest BCUT2D eigenvalue weighted by molar-refractivity contribution is 0.102. The van der Waals surface area contributed by atoms with Crippen molar-refractivity contribution in [3.05, 3.63) is 72.6 Å². The highest BCUT2D eigenvalue weighted by Crippen LogP contribution is 2.13. The van der Waals surface area contributed by atoms with Crippen LogP contribution in [0.2, 0.25) is 0 Å². The third-order valence-electron chi connectivity index (χ3n) is 3.38. The summed E-state index contributed by atoms with van der Waals surface area (Å²) in [6.45, 7) is 0. The number of ketones is 1. The largest absolute Gasteiger partial charge is 0.281 e. The monoisotopic (exact) mass is 286 g/mol. The summed E-state index contributed by atoms with van der Waals surface area (Å²) < 4.78 is 0. The first kappa shape index (κ1) is 12.5. The van der Waals surface area contributed by atoms with Crippen molar-refractivity contribution in [3.8, 4) is 0 Å². The average molecular weight is 286 g/mol. The number of carbonyl (C=O) groups excluding carboxylic acids is 1. The molecule has 0 aliphatic heterocycles. The van der Waals surface area contributed by atoms with E-state index >= 15 is 0 Å². The lowest BCUT2D eigenvalue weighted by atomic mass is 10.2. The molecule has 0 bridgehead atoms. The quantitative estimate of drug-likeness (QED) is 0.530. The first-order valence-corrected chi connectivity index (χ1v) is 6.79. The molecule has 2 aromatic carbocycles. The molecule has 104 valence electrons. The summed E-state index contributed by atoms with van der Waals surface area (Å²) in [5.74, 6) is -0.167. The van der Waals surface area contributed by atoms with Crippen LogP contribution in [0, 0.1) is 0 Å². The van der Waals surface area contributed by atoms with Gasteiger partial charge in [0.25, 0.3) is 5.78 Å². The van der Waals surface area contributed by atoms with Gasteiger partial charge in [0.05, 0.1) is 11.0 Å². The lowest BCUT2D eigenvalue weighted by Gasteiger charge is -2.02. The molecule has 0 spiro atoms. The molecule has 0 saturated carbocycles. The average Bonchev–Trinajstić information content (AvgIpc) is 2.60. The van der Waals surface area contributed by atoms with Crippen LogP contribution in [-0.2, 0) is 0 Å². The third kappa shape index (κ3) is 2.09. The van der Waals surface area contributed by atoms with Crippen molar-refractivity contribution in [1.82, 2.24) is 19.9 Å². The highest BCUT2D eigenvalue weighted by Gasteiger charge is 2.16. The van der Waals surface area contributed by atoms with Gasteiger partial charge >= 0.3 is 0 Å². The fraction of sp³-hybridized carbons (Fsp3) is 0. The van der Waals surface area contributed by atoms with Crippen molar-refractivity contribution in [3.63, 3.8) is 0 Å². The molecule has 0 atom stereocenters. The molecule has 0 radical (unpaired) electrons. The molecule has 0 saturated heterocycles. The number of fused-ring (bicyclic) bond motifs is 2. The second-order valence-electron chi connectivity index (χ2n) is 4.83. The van der Waals surface area contributed by atoms with Gasteiger partial charge in [-0.2, -0.15) is 0 Å². The van der Waals surface area contributed by atoms with Crippen LogP contribution >= 0.6 is 0 Å². The van der Waals surface area contributed by atoms with E-state index < -0.39 is 0 Å². The number of hydrogen-bond acceptors (Lipinski definition) is 5. The Kier molecular flexibility index (Phi) is 2.83. The van der Waals surface area contributed by atoms with Crippen molar-refractivity contribution in [2.24, 2.45) is 0 Å². The van der Waals surface area contributed by atoms with Gasteiger partial charge in [-0.1, -0.05) is 36.4 Å². The zero-order chi connectivity index (χ0) is 14.9. The zero-order valence-electron chi connectivity index (χ0n) is 11.5. The van der Waals surface area contributed by atoms with E-state index in [1.54, 1.807) is 12.4 Å². The van der Waals surface area contributed by atoms with Gasteiger partial charge in [0, 0.05) is 23.2 Å². The third-order valence-corrected chi connectivity index (χ3v) is 3.38. The van der Waals surface area contributed by atoms with E-state index in [2.05, 4.69) is 19.9 Å². The molecule has 2 heterocycles. The van der Waals surface area contributed by atoms with E-state index in [1.807, 2.05) is 48.5 Å². The Morgan fingerprint density at radius 1 is 0.682 bits per heavy atom. The Bertz CT molecular complexity index is 932. The van der Waals surface area contributed by atoms with Crippen molar-refractivity contribution in [2.75, 3.05) is 0 Å². The van der Waals surface area contributed by atoms with Gasteiger partial charge < -0.3 is 0 Å². The summed E-state index contributed by atoms with van der Waals surface area (Å²) in [7, 11) is 0. The molecule has 5 nitrogen and oxygen atoms in total. The Labute approximate surface area is 125 Å². The van der Waals surface area contributed by atoms with Gasteiger partial charge in [0.15, 0.2) is 0 Å². The lowest BCUT2D eigenvalue weighted by Crippen LogP contribution is -2.11. The second-order valence-corrected chi connectivity index (χ2v) is 4.83. The number of carbonyl (C=O) groups is 1. The van der Waals surface area contributed by atoms with Crippen LogP contribution in [0.15, 0.2) is 60.9 Å². The normalized spacial score (nSPS) is 10.9. The molecule has 4 aromatic rings. The topological polar surface area (TPSA) is 68.6 Å². The molecular formula is C17H10N4O. The second kappa shape index (κ2) is 4.96. The first-order chi connectivity index (χ1) is 10.8. The molecule has 0 unspecified atom stereocenters. The van der Waals surface area contributed by atoms with Gasteiger partial charge in [0.2, 0.25) is 11.6 Å². The van der Waals surface area contributed by atoms with Crippen molar-refractivity contribution in [2.45, 2.75) is 0 Å².